The van der Waals surface area contributed by atoms with E-state index in [9.17, 15) is 4.79 Å². The van der Waals surface area contributed by atoms with Crippen LogP contribution in [0.25, 0.3) is 11.1 Å². The molecule has 1 aliphatic rings. The highest BCUT2D eigenvalue weighted by Gasteiger charge is 2.27. The van der Waals surface area contributed by atoms with Crippen LogP contribution in [0.4, 0.5) is 5.69 Å². The Morgan fingerprint density at radius 1 is 1.18 bits per heavy atom. The molecule has 0 spiro atoms. The van der Waals surface area contributed by atoms with Gasteiger partial charge in [-0.25, -0.2) is 4.98 Å². The van der Waals surface area contributed by atoms with Gasteiger partial charge in [0.1, 0.15) is 0 Å². The van der Waals surface area contributed by atoms with Crippen LogP contribution in [-0.4, -0.2) is 47.1 Å². The first kappa shape index (κ1) is 18.7. The lowest BCUT2D eigenvalue weighted by Crippen LogP contribution is -2.49. The Hall–Kier alpha value is -2.60. The average Bonchev–Trinajstić information content (AvgIpc) is 3.08. The second kappa shape index (κ2) is 7.43. The molecule has 1 fully saturated rings. The summed E-state index contributed by atoms with van der Waals surface area (Å²) in [7, 11) is 0. The number of hydrogen-bond acceptors (Lipinski definition) is 5. The first-order chi connectivity index (χ1) is 13.5. The normalized spacial score (nSPS) is 14.9. The van der Waals surface area contributed by atoms with Crippen molar-refractivity contribution in [3.05, 3.63) is 52.3 Å². The quantitative estimate of drug-likeness (QED) is 0.659. The lowest BCUT2D eigenvalue weighted by molar-refractivity contribution is 0.0748. The van der Waals surface area contributed by atoms with Crippen LogP contribution in [0.15, 0.2) is 34.9 Å². The number of hydrogen-bond donors (Lipinski definition) is 0. The van der Waals surface area contributed by atoms with E-state index in [1.807, 2.05) is 56.0 Å². The van der Waals surface area contributed by atoms with Gasteiger partial charge in [-0.2, -0.15) is 0 Å². The van der Waals surface area contributed by atoms with Gasteiger partial charge < -0.3 is 14.3 Å². The molecular formula is C21H23ClN4O2. The number of fused-ring (bicyclic) bond motifs is 1. The van der Waals surface area contributed by atoms with E-state index < -0.39 is 0 Å². The Morgan fingerprint density at radius 3 is 2.57 bits per heavy atom. The maximum absolute atomic E-state index is 13.3. The monoisotopic (exact) mass is 398 g/mol. The molecule has 4 rings (SSSR count). The van der Waals surface area contributed by atoms with Crippen molar-refractivity contribution in [2.75, 3.05) is 31.1 Å². The molecule has 2 aromatic heterocycles. The second-order valence-electron chi connectivity index (χ2n) is 7.43. The lowest BCUT2D eigenvalue weighted by Gasteiger charge is -2.36. The van der Waals surface area contributed by atoms with E-state index in [2.05, 4.69) is 15.0 Å². The Labute approximate surface area is 169 Å². The summed E-state index contributed by atoms with van der Waals surface area (Å²) in [5, 5.41) is 5.46. The number of pyridine rings is 1. The smallest absolute Gasteiger partial charge is 0.259 e. The summed E-state index contributed by atoms with van der Waals surface area (Å²) < 4.78 is 5.35. The molecule has 3 heterocycles. The predicted molar refractivity (Wildman–Crippen MR) is 110 cm³/mol. The van der Waals surface area contributed by atoms with E-state index in [0.717, 1.165) is 29.5 Å². The van der Waals surface area contributed by atoms with Gasteiger partial charge >= 0.3 is 0 Å². The van der Waals surface area contributed by atoms with Crippen molar-refractivity contribution in [3.8, 4) is 0 Å². The summed E-state index contributed by atoms with van der Waals surface area (Å²) >= 11 is 6.32. The number of piperazine rings is 1. The Kier molecular flexibility index (Phi) is 4.98. The minimum absolute atomic E-state index is 0.000548. The van der Waals surface area contributed by atoms with Crippen LogP contribution in [0, 0.1) is 6.92 Å². The maximum Gasteiger partial charge on any atom is 0.259 e. The largest absolute Gasteiger partial charge is 0.367 e. The number of carbonyl (C=O) groups excluding carboxylic acids is 1. The highest BCUT2D eigenvalue weighted by molar-refractivity contribution is 6.33. The molecule has 0 unspecified atom stereocenters. The molecule has 0 radical (unpaired) electrons. The summed E-state index contributed by atoms with van der Waals surface area (Å²) in [5.74, 6) is 0.192. The fraction of sp³-hybridized carbons (Fsp3) is 0.381. The molecule has 1 saturated heterocycles. The third-order valence-electron chi connectivity index (χ3n) is 5.22. The maximum atomic E-state index is 13.3. The molecule has 6 nitrogen and oxygen atoms in total. The summed E-state index contributed by atoms with van der Waals surface area (Å²) in [6, 6.07) is 9.70. The first-order valence-electron chi connectivity index (χ1n) is 9.51. The van der Waals surface area contributed by atoms with Crippen molar-refractivity contribution in [2.45, 2.75) is 26.7 Å². The molecule has 0 aliphatic carbocycles. The average molecular weight is 399 g/mol. The fourth-order valence-corrected chi connectivity index (χ4v) is 3.86. The minimum atomic E-state index is -0.000548. The number of aromatic nitrogens is 2. The highest BCUT2D eigenvalue weighted by Crippen LogP contribution is 2.28. The van der Waals surface area contributed by atoms with Crippen LogP contribution >= 0.6 is 11.6 Å². The molecule has 1 aromatic carbocycles. The predicted octanol–water partition coefficient (Wildman–Crippen LogP) is 4.27. The van der Waals surface area contributed by atoms with Crippen molar-refractivity contribution in [1.29, 1.82) is 0 Å². The molecule has 0 bridgehead atoms. The van der Waals surface area contributed by atoms with Gasteiger partial charge in [-0.05, 0) is 31.0 Å². The van der Waals surface area contributed by atoms with E-state index in [1.54, 1.807) is 0 Å². The zero-order valence-corrected chi connectivity index (χ0v) is 17.0. The van der Waals surface area contributed by atoms with Crippen LogP contribution in [0.3, 0.4) is 0 Å². The lowest BCUT2D eigenvalue weighted by atomic mass is 10.0. The second-order valence-corrected chi connectivity index (χ2v) is 7.84. The van der Waals surface area contributed by atoms with E-state index in [1.165, 1.54) is 0 Å². The summed E-state index contributed by atoms with van der Waals surface area (Å²) in [6.07, 6.45) is 0. The van der Waals surface area contributed by atoms with Crippen LogP contribution in [0.5, 0.6) is 0 Å². The topological polar surface area (TPSA) is 62.5 Å². The van der Waals surface area contributed by atoms with Gasteiger partial charge in [0.25, 0.3) is 11.6 Å². The van der Waals surface area contributed by atoms with Gasteiger partial charge in [-0.15, -0.1) is 0 Å². The van der Waals surface area contributed by atoms with Crippen molar-refractivity contribution in [3.63, 3.8) is 0 Å². The summed E-state index contributed by atoms with van der Waals surface area (Å²) in [5.41, 5.74) is 3.59. The number of nitrogens with zero attached hydrogens (tertiary/aromatic N) is 4. The summed E-state index contributed by atoms with van der Waals surface area (Å²) in [4.78, 5) is 22.0. The first-order valence-corrected chi connectivity index (χ1v) is 9.89. The Bertz CT molecular complexity index is 1020. The third-order valence-corrected chi connectivity index (χ3v) is 5.54. The number of amides is 1. The van der Waals surface area contributed by atoms with E-state index in [0.29, 0.717) is 35.4 Å². The molecule has 3 aromatic rings. The van der Waals surface area contributed by atoms with Gasteiger partial charge in [-0.1, -0.05) is 42.7 Å². The minimum Gasteiger partial charge on any atom is -0.367 e. The number of aryl methyl sites for hydroxylation is 1. The standard InChI is InChI=1S/C21H23ClN4O2/c1-13(2)17-12-15(19-14(3)24-28-20(19)23-17)21(27)26-10-8-25(9-11-26)18-7-5-4-6-16(18)22/h4-7,12-13H,8-11H2,1-3H3. The Balaban J connectivity index is 1.59. The van der Waals surface area contributed by atoms with Crippen molar-refractivity contribution in [1.82, 2.24) is 15.0 Å². The molecule has 28 heavy (non-hydrogen) atoms. The SMILES string of the molecule is Cc1noc2nc(C(C)C)cc(C(=O)N3CCN(c4ccccc4Cl)CC3)c12. The number of benzene rings is 1. The van der Waals surface area contributed by atoms with E-state index in [4.69, 9.17) is 16.1 Å². The summed E-state index contributed by atoms with van der Waals surface area (Å²) in [6.45, 7) is 8.69. The molecule has 0 saturated carbocycles. The van der Waals surface area contributed by atoms with Gasteiger partial charge in [0.2, 0.25) is 0 Å². The van der Waals surface area contributed by atoms with Gasteiger partial charge in [0, 0.05) is 31.9 Å². The van der Waals surface area contributed by atoms with Crippen LogP contribution in [0.2, 0.25) is 5.02 Å². The number of anilines is 1. The molecule has 0 atom stereocenters. The molecular weight excluding hydrogens is 376 g/mol. The van der Waals surface area contributed by atoms with E-state index in [-0.39, 0.29) is 11.8 Å². The van der Waals surface area contributed by atoms with Crippen molar-refractivity contribution >= 4 is 34.3 Å². The molecule has 146 valence electrons. The highest BCUT2D eigenvalue weighted by atomic mass is 35.5. The van der Waals surface area contributed by atoms with E-state index >= 15 is 0 Å². The van der Waals surface area contributed by atoms with Gasteiger partial charge in [-0.3, -0.25) is 4.79 Å². The zero-order chi connectivity index (χ0) is 19.8. The zero-order valence-electron chi connectivity index (χ0n) is 16.3. The fourth-order valence-electron chi connectivity index (χ4n) is 3.61. The van der Waals surface area contributed by atoms with Crippen molar-refractivity contribution in [2.24, 2.45) is 0 Å². The Morgan fingerprint density at radius 2 is 1.89 bits per heavy atom. The number of rotatable bonds is 3. The van der Waals surface area contributed by atoms with Crippen LogP contribution in [-0.2, 0) is 0 Å². The van der Waals surface area contributed by atoms with Crippen LogP contribution < -0.4 is 4.90 Å². The number of carbonyl (C=O) groups is 1. The van der Waals surface area contributed by atoms with Gasteiger partial charge in [0.05, 0.1) is 27.4 Å². The van der Waals surface area contributed by atoms with Gasteiger partial charge in [0.15, 0.2) is 0 Å². The number of halogens is 1. The molecule has 1 amide bonds. The molecule has 7 heteroatoms. The molecule has 1 aliphatic heterocycles. The van der Waals surface area contributed by atoms with Crippen molar-refractivity contribution < 1.29 is 9.32 Å². The van der Waals surface area contributed by atoms with Crippen LogP contribution in [0.1, 0.15) is 41.5 Å². The molecule has 0 N–H and O–H groups in total. The number of para-hydroxylation sites is 1. The third kappa shape index (κ3) is 3.33.